The van der Waals surface area contributed by atoms with E-state index in [1.165, 1.54) is 12.8 Å². The van der Waals surface area contributed by atoms with Crippen molar-refractivity contribution >= 4 is 0 Å². The molecule has 2 rings (SSSR count). The lowest BCUT2D eigenvalue weighted by Crippen LogP contribution is -2.51. The van der Waals surface area contributed by atoms with Gasteiger partial charge in [-0.05, 0) is 45.1 Å². The zero-order valence-corrected chi connectivity index (χ0v) is 11.4. The molecule has 1 heterocycles. The zero-order chi connectivity index (χ0) is 13.2. The summed E-state index contributed by atoms with van der Waals surface area (Å²) in [7, 11) is 0. The van der Waals surface area contributed by atoms with Gasteiger partial charge in [-0.25, -0.2) is 8.78 Å². The highest BCUT2D eigenvalue weighted by molar-refractivity contribution is 4.87. The second kappa shape index (κ2) is 5.83. The van der Waals surface area contributed by atoms with Crippen LogP contribution < -0.4 is 5.73 Å². The predicted octanol–water partition coefficient (Wildman–Crippen LogP) is 3.01. The van der Waals surface area contributed by atoms with Gasteiger partial charge in [0.15, 0.2) is 0 Å². The molecule has 1 saturated heterocycles. The minimum atomic E-state index is -2.43. The van der Waals surface area contributed by atoms with Crippen molar-refractivity contribution in [1.82, 2.24) is 4.90 Å². The first-order chi connectivity index (χ1) is 8.48. The Morgan fingerprint density at radius 1 is 1.28 bits per heavy atom. The van der Waals surface area contributed by atoms with Crippen LogP contribution >= 0.6 is 0 Å². The number of nitrogens with zero attached hydrogens (tertiary/aromatic N) is 1. The molecule has 0 radical (unpaired) electrons. The summed E-state index contributed by atoms with van der Waals surface area (Å²) in [5.74, 6) is -2.27. The molecule has 0 aromatic carbocycles. The Hall–Kier alpha value is -0.220. The number of hydrogen-bond donors (Lipinski definition) is 1. The van der Waals surface area contributed by atoms with Crippen LogP contribution in [0.4, 0.5) is 8.78 Å². The molecule has 1 saturated carbocycles. The maximum Gasteiger partial charge on any atom is 0.248 e. The van der Waals surface area contributed by atoms with E-state index >= 15 is 0 Å². The van der Waals surface area contributed by atoms with Gasteiger partial charge < -0.3 is 5.73 Å². The molecule has 0 spiro atoms. The number of halogens is 2. The van der Waals surface area contributed by atoms with Crippen LogP contribution in [0.15, 0.2) is 0 Å². The first kappa shape index (κ1) is 14.2. The minimum absolute atomic E-state index is 0.0785. The van der Waals surface area contributed by atoms with Gasteiger partial charge in [-0.2, -0.15) is 0 Å². The van der Waals surface area contributed by atoms with Gasteiger partial charge in [-0.3, -0.25) is 4.90 Å². The number of hydrogen-bond acceptors (Lipinski definition) is 2. The molecular weight excluding hydrogens is 234 g/mol. The molecule has 3 unspecified atom stereocenters. The standard InChI is InChI=1S/C14H26F2N2/c1-11(17)13-6-2-3-8-18(13)10-12-5-4-7-14(15,16)9-12/h11-13H,2-10,17H2,1H3. The van der Waals surface area contributed by atoms with Crippen LogP contribution in [-0.4, -0.2) is 36.0 Å². The zero-order valence-electron chi connectivity index (χ0n) is 11.4. The van der Waals surface area contributed by atoms with Crippen LogP contribution in [0, 0.1) is 5.92 Å². The maximum atomic E-state index is 13.4. The molecule has 2 aliphatic rings. The summed E-state index contributed by atoms with van der Waals surface area (Å²) in [5.41, 5.74) is 6.03. The highest BCUT2D eigenvalue weighted by Gasteiger charge is 2.38. The van der Waals surface area contributed by atoms with Crippen LogP contribution in [0.25, 0.3) is 0 Å². The average Bonchev–Trinajstić information content (AvgIpc) is 2.28. The smallest absolute Gasteiger partial charge is 0.248 e. The second-order valence-electron chi connectivity index (χ2n) is 6.24. The van der Waals surface area contributed by atoms with Gasteiger partial charge in [-0.15, -0.1) is 0 Å². The summed E-state index contributed by atoms with van der Waals surface area (Å²) in [5, 5.41) is 0. The molecule has 4 heteroatoms. The fraction of sp³-hybridized carbons (Fsp3) is 1.00. The molecular formula is C14H26F2N2. The predicted molar refractivity (Wildman–Crippen MR) is 69.8 cm³/mol. The van der Waals surface area contributed by atoms with Crippen molar-refractivity contribution in [2.75, 3.05) is 13.1 Å². The lowest BCUT2D eigenvalue weighted by atomic mass is 9.85. The van der Waals surface area contributed by atoms with Crippen molar-refractivity contribution < 1.29 is 8.78 Å². The fourth-order valence-corrected chi connectivity index (χ4v) is 3.60. The number of rotatable bonds is 3. The Balaban J connectivity index is 1.90. The quantitative estimate of drug-likeness (QED) is 0.845. The van der Waals surface area contributed by atoms with Gasteiger partial charge in [0, 0.05) is 31.5 Å². The monoisotopic (exact) mass is 260 g/mol. The van der Waals surface area contributed by atoms with Gasteiger partial charge >= 0.3 is 0 Å². The number of piperidine rings is 1. The SMILES string of the molecule is CC(N)C1CCCCN1CC1CCCC(F)(F)C1. The van der Waals surface area contributed by atoms with Crippen LogP contribution in [0.5, 0.6) is 0 Å². The highest BCUT2D eigenvalue weighted by atomic mass is 19.3. The van der Waals surface area contributed by atoms with E-state index in [2.05, 4.69) is 4.90 Å². The van der Waals surface area contributed by atoms with Gasteiger partial charge in [0.1, 0.15) is 0 Å². The van der Waals surface area contributed by atoms with Crippen LogP contribution in [0.1, 0.15) is 51.9 Å². The van der Waals surface area contributed by atoms with E-state index in [1.807, 2.05) is 6.92 Å². The van der Waals surface area contributed by atoms with Crippen molar-refractivity contribution in [3.63, 3.8) is 0 Å². The highest BCUT2D eigenvalue weighted by Crippen LogP contribution is 2.37. The summed E-state index contributed by atoms with van der Waals surface area (Å²) in [6.07, 6.45) is 5.33. The summed E-state index contributed by atoms with van der Waals surface area (Å²) >= 11 is 0. The maximum absolute atomic E-state index is 13.4. The number of nitrogens with two attached hydrogens (primary N) is 1. The van der Waals surface area contributed by atoms with Crippen molar-refractivity contribution in [3.05, 3.63) is 0 Å². The molecule has 2 nitrogen and oxygen atoms in total. The third-order valence-electron chi connectivity index (χ3n) is 4.51. The molecule has 0 aromatic heterocycles. The van der Waals surface area contributed by atoms with Crippen molar-refractivity contribution in [1.29, 1.82) is 0 Å². The average molecular weight is 260 g/mol. The molecule has 1 aliphatic carbocycles. The Morgan fingerprint density at radius 2 is 2.06 bits per heavy atom. The minimum Gasteiger partial charge on any atom is -0.327 e. The van der Waals surface area contributed by atoms with Crippen LogP contribution in [-0.2, 0) is 0 Å². The van der Waals surface area contributed by atoms with E-state index in [4.69, 9.17) is 5.73 Å². The summed E-state index contributed by atoms with van der Waals surface area (Å²) in [6.45, 7) is 3.90. The third-order valence-corrected chi connectivity index (χ3v) is 4.51. The largest absolute Gasteiger partial charge is 0.327 e. The topological polar surface area (TPSA) is 29.3 Å². The Bertz CT molecular complexity index is 269. The molecule has 1 aliphatic heterocycles. The van der Waals surface area contributed by atoms with E-state index in [1.54, 1.807) is 0 Å². The third kappa shape index (κ3) is 3.64. The lowest BCUT2D eigenvalue weighted by Gasteiger charge is -2.41. The van der Waals surface area contributed by atoms with Crippen LogP contribution in [0.2, 0.25) is 0 Å². The van der Waals surface area contributed by atoms with Crippen molar-refractivity contribution in [2.24, 2.45) is 11.7 Å². The number of likely N-dealkylation sites (tertiary alicyclic amines) is 1. The molecule has 0 bridgehead atoms. The van der Waals surface area contributed by atoms with E-state index < -0.39 is 5.92 Å². The first-order valence-corrected chi connectivity index (χ1v) is 7.35. The van der Waals surface area contributed by atoms with Crippen molar-refractivity contribution in [2.45, 2.75) is 69.9 Å². The number of alkyl halides is 2. The van der Waals surface area contributed by atoms with E-state index in [0.29, 0.717) is 12.5 Å². The Kier molecular flexibility index (Phi) is 4.59. The molecule has 2 fully saturated rings. The van der Waals surface area contributed by atoms with E-state index in [-0.39, 0.29) is 24.8 Å². The van der Waals surface area contributed by atoms with Gasteiger partial charge in [0.05, 0.1) is 0 Å². The molecule has 3 atom stereocenters. The van der Waals surface area contributed by atoms with Gasteiger partial charge in [-0.1, -0.05) is 6.42 Å². The fourth-order valence-electron chi connectivity index (χ4n) is 3.60. The molecule has 0 aromatic rings. The lowest BCUT2D eigenvalue weighted by molar-refractivity contribution is -0.0602. The van der Waals surface area contributed by atoms with Gasteiger partial charge in [0.2, 0.25) is 5.92 Å². The summed E-state index contributed by atoms with van der Waals surface area (Å²) in [4.78, 5) is 2.38. The normalized spacial score (nSPS) is 35.3. The van der Waals surface area contributed by atoms with E-state index in [0.717, 1.165) is 25.9 Å². The molecule has 106 valence electrons. The second-order valence-corrected chi connectivity index (χ2v) is 6.24. The molecule has 0 amide bonds. The Labute approximate surface area is 109 Å². The summed E-state index contributed by atoms with van der Waals surface area (Å²) in [6, 6.07) is 0.545. The van der Waals surface area contributed by atoms with Crippen molar-refractivity contribution in [3.8, 4) is 0 Å². The summed E-state index contributed by atoms with van der Waals surface area (Å²) < 4.78 is 26.8. The molecule has 2 N–H and O–H groups in total. The van der Waals surface area contributed by atoms with Gasteiger partial charge in [0.25, 0.3) is 0 Å². The van der Waals surface area contributed by atoms with Crippen LogP contribution in [0.3, 0.4) is 0 Å². The first-order valence-electron chi connectivity index (χ1n) is 7.35. The Morgan fingerprint density at radius 3 is 2.72 bits per heavy atom. The molecule has 18 heavy (non-hydrogen) atoms. The van der Waals surface area contributed by atoms with E-state index in [9.17, 15) is 8.78 Å².